The van der Waals surface area contributed by atoms with Gasteiger partial charge in [-0.15, -0.1) is 0 Å². The Hall–Kier alpha value is -3.61. The molecular formula is C22H22FN5O. The summed E-state index contributed by atoms with van der Waals surface area (Å²) in [5.74, 6) is -0.355. The summed E-state index contributed by atoms with van der Waals surface area (Å²) >= 11 is 0. The number of carbonyl (C=O) groups excluding carboxylic acids is 1. The summed E-state index contributed by atoms with van der Waals surface area (Å²) in [5.41, 5.74) is 8.13. The number of nitrogen functional groups attached to an aromatic ring is 1. The Morgan fingerprint density at radius 2 is 1.66 bits per heavy atom. The van der Waals surface area contributed by atoms with E-state index < -0.39 is 0 Å². The van der Waals surface area contributed by atoms with Crippen molar-refractivity contribution in [3.05, 3.63) is 78.2 Å². The second-order valence-electron chi connectivity index (χ2n) is 6.89. The molecule has 2 aromatic carbocycles. The average Bonchev–Trinajstić information content (AvgIpc) is 2.75. The molecular weight excluding hydrogens is 369 g/mol. The zero-order chi connectivity index (χ0) is 20.2. The molecule has 0 radical (unpaired) electrons. The first-order chi connectivity index (χ1) is 14.1. The van der Waals surface area contributed by atoms with Gasteiger partial charge in [0.25, 0.3) is 5.91 Å². The fourth-order valence-corrected chi connectivity index (χ4v) is 3.42. The number of anilines is 4. The number of benzene rings is 2. The Balaban J connectivity index is 1.46. The van der Waals surface area contributed by atoms with Crippen molar-refractivity contribution in [2.75, 3.05) is 42.1 Å². The number of para-hydroxylation sites is 2. The van der Waals surface area contributed by atoms with Gasteiger partial charge in [0.2, 0.25) is 0 Å². The van der Waals surface area contributed by atoms with Crippen molar-refractivity contribution in [1.29, 1.82) is 0 Å². The zero-order valence-electron chi connectivity index (χ0n) is 15.9. The molecule has 1 aliphatic heterocycles. The largest absolute Gasteiger partial charge is 0.384 e. The number of nitrogens with zero attached hydrogens (tertiary/aromatic N) is 3. The first-order valence-corrected chi connectivity index (χ1v) is 9.48. The van der Waals surface area contributed by atoms with E-state index in [1.807, 2.05) is 18.2 Å². The van der Waals surface area contributed by atoms with Crippen molar-refractivity contribution in [3.63, 3.8) is 0 Å². The molecule has 0 bridgehead atoms. The van der Waals surface area contributed by atoms with E-state index in [0.29, 0.717) is 24.5 Å². The highest BCUT2D eigenvalue weighted by Crippen LogP contribution is 2.23. The predicted octanol–water partition coefficient (Wildman–Crippen LogP) is 3.51. The Morgan fingerprint density at radius 3 is 2.38 bits per heavy atom. The van der Waals surface area contributed by atoms with Crippen molar-refractivity contribution in [3.8, 4) is 0 Å². The first kappa shape index (κ1) is 18.7. The standard InChI is InChI=1S/C22H22FN5O/c23-18-8-4-5-9-19(18)25-16-14-20(26-21(24)15-16)22(29)28-12-10-27(11-13-28)17-6-2-1-3-7-17/h1-9,14-15H,10-13H2,(H3,24,25,26). The molecule has 0 atom stereocenters. The molecule has 3 N–H and O–H groups in total. The minimum Gasteiger partial charge on any atom is -0.384 e. The summed E-state index contributed by atoms with van der Waals surface area (Å²) in [7, 11) is 0. The molecule has 3 aromatic rings. The lowest BCUT2D eigenvalue weighted by Gasteiger charge is -2.36. The summed E-state index contributed by atoms with van der Waals surface area (Å²) in [6.07, 6.45) is 0. The van der Waals surface area contributed by atoms with Crippen LogP contribution in [0.3, 0.4) is 0 Å². The number of nitrogens with two attached hydrogens (primary N) is 1. The van der Waals surface area contributed by atoms with Crippen LogP contribution < -0.4 is 16.0 Å². The van der Waals surface area contributed by atoms with Gasteiger partial charge in [-0.25, -0.2) is 9.37 Å². The monoisotopic (exact) mass is 391 g/mol. The highest BCUT2D eigenvalue weighted by molar-refractivity contribution is 5.94. The molecule has 1 fully saturated rings. The van der Waals surface area contributed by atoms with E-state index in [1.54, 1.807) is 35.2 Å². The summed E-state index contributed by atoms with van der Waals surface area (Å²) in [6.45, 7) is 2.69. The quantitative estimate of drug-likeness (QED) is 0.712. The summed E-state index contributed by atoms with van der Waals surface area (Å²) in [6, 6.07) is 19.7. The van der Waals surface area contributed by atoms with E-state index in [4.69, 9.17) is 5.73 Å². The SMILES string of the molecule is Nc1cc(Nc2ccccc2F)cc(C(=O)N2CCN(c3ccccc3)CC2)n1. The molecule has 1 amide bonds. The molecule has 1 saturated heterocycles. The molecule has 0 saturated carbocycles. The third kappa shape index (κ3) is 4.29. The number of piperazine rings is 1. The van der Waals surface area contributed by atoms with Gasteiger partial charge in [0.05, 0.1) is 5.69 Å². The third-order valence-corrected chi connectivity index (χ3v) is 4.91. The third-order valence-electron chi connectivity index (χ3n) is 4.91. The Bertz CT molecular complexity index is 1000. The number of carbonyl (C=O) groups is 1. The molecule has 0 unspecified atom stereocenters. The van der Waals surface area contributed by atoms with Crippen LogP contribution in [0.5, 0.6) is 0 Å². The smallest absolute Gasteiger partial charge is 0.272 e. The van der Waals surface area contributed by atoms with Crippen LogP contribution in [-0.2, 0) is 0 Å². The Labute approximate surface area is 168 Å². The van der Waals surface area contributed by atoms with E-state index in [0.717, 1.165) is 18.8 Å². The van der Waals surface area contributed by atoms with Crippen LogP contribution >= 0.6 is 0 Å². The fraction of sp³-hybridized carbons (Fsp3) is 0.182. The zero-order valence-corrected chi connectivity index (χ0v) is 15.9. The minimum atomic E-state index is -0.382. The first-order valence-electron chi connectivity index (χ1n) is 9.48. The molecule has 4 rings (SSSR count). The van der Waals surface area contributed by atoms with E-state index in [2.05, 4.69) is 27.3 Å². The van der Waals surface area contributed by atoms with E-state index >= 15 is 0 Å². The van der Waals surface area contributed by atoms with Gasteiger partial charge in [-0.3, -0.25) is 4.79 Å². The van der Waals surface area contributed by atoms with Crippen molar-refractivity contribution < 1.29 is 9.18 Å². The van der Waals surface area contributed by atoms with Gasteiger partial charge in [0.15, 0.2) is 0 Å². The van der Waals surface area contributed by atoms with Crippen LogP contribution in [0, 0.1) is 5.82 Å². The lowest BCUT2D eigenvalue weighted by Crippen LogP contribution is -2.49. The summed E-state index contributed by atoms with van der Waals surface area (Å²) in [4.78, 5) is 21.2. The van der Waals surface area contributed by atoms with Crippen LogP contribution in [0.15, 0.2) is 66.7 Å². The second-order valence-corrected chi connectivity index (χ2v) is 6.89. The summed E-state index contributed by atoms with van der Waals surface area (Å²) in [5, 5.41) is 2.97. The molecule has 7 heteroatoms. The van der Waals surface area contributed by atoms with Crippen molar-refractivity contribution >= 4 is 28.8 Å². The number of amides is 1. The van der Waals surface area contributed by atoms with E-state index in [1.165, 1.54) is 6.07 Å². The Kier molecular flexibility index (Phi) is 5.29. The number of rotatable bonds is 4. The van der Waals surface area contributed by atoms with E-state index in [-0.39, 0.29) is 23.2 Å². The van der Waals surface area contributed by atoms with Crippen molar-refractivity contribution in [2.24, 2.45) is 0 Å². The normalized spacial score (nSPS) is 14.0. The molecule has 29 heavy (non-hydrogen) atoms. The number of hydrogen-bond donors (Lipinski definition) is 2. The lowest BCUT2D eigenvalue weighted by molar-refractivity contribution is 0.0741. The van der Waals surface area contributed by atoms with Crippen LogP contribution in [0.4, 0.5) is 27.3 Å². The maximum absolute atomic E-state index is 13.9. The summed E-state index contributed by atoms with van der Waals surface area (Å²) < 4.78 is 13.9. The molecule has 0 spiro atoms. The Morgan fingerprint density at radius 1 is 0.966 bits per heavy atom. The predicted molar refractivity (Wildman–Crippen MR) is 113 cm³/mol. The highest BCUT2D eigenvalue weighted by Gasteiger charge is 2.23. The van der Waals surface area contributed by atoms with Gasteiger partial charge in [-0.05, 0) is 30.3 Å². The van der Waals surface area contributed by atoms with Crippen LogP contribution in [0.1, 0.15) is 10.5 Å². The number of halogens is 1. The topological polar surface area (TPSA) is 74.5 Å². The van der Waals surface area contributed by atoms with Crippen LogP contribution in [-0.4, -0.2) is 42.0 Å². The average molecular weight is 391 g/mol. The van der Waals surface area contributed by atoms with E-state index in [9.17, 15) is 9.18 Å². The fourth-order valence-electron chi connectivity index (χ4n) is 3.42. The van der Waals surface area contributed by atoms with Crippen molar-refractivity contribution in [2.45, 2.75) is 0 Å². The molecule has 148 valence electrons. The van der Waals surface area contributed by atoms with Gasteiger partial charge in [0, 0.05) is 43.6 Å². The molecule has 1 aliphatic rings. The number of hydrogen-bond acceptors (Lipinski definition) is 5. The maximum Gasteiger partial charge on any atom is 0.272 e. The van der Waals surface area contributed by atoms with Crippen LogP contribution in [0.25, 0.3) is 0 Å². The number of pyridine rings is 1. The molecule has 1 aromatic heterocycles. The van der Waals surface area contributed by atoms with Gasteiger partial charge in [-0.2, -0.15) is 0 Å². The van der Waals surface area contributed by atoms with Gasteiger partial charge in [0.1, 0.15) is 17.3 Å². The maximum atomic E-state index is 13.9. The highest BCUT2D eigenvalue weighted by atomic mass is 19.1. The minimum absolute atomic E-state index is 0.179. The lowest BCUT2D eigenvalue weighted by atomic mass is 10.2. The second kappa shape index (κ2) is 8.18. The van der Waals surface area contributed by atoms with Gasteiger partial charge in [-0.1, -0.05) is 30.3 Å². The molecule has 2 heterocycles. The van der Waals surface area contributed by atoms with Gasteiger partial charge < -0.3 is 20.9 Å². The van der Waals surface area contributed by atoms with Gasteiger partial charge >= 0.3 is 0 Å². The number of aromatic nitrogens is 1. The molecule has 6 nitrogen and oxygen atoms in total. The molecule has 0 aliphatic carbocycles. The van der Waals surface area contributed by atoms with Crippen LogP contribution in [0.2, 0.25) is 0 Å². The number of nitrogens with one attached hydrogen (secondary N) is 1. The van der Waals surface area contributed by atoms with Crippen molar-refractivity contribution in [1.82, 2.24) is 9.88 Å².